The number of rotatable bonds is 3. The standard InChI is InChI=1S/C9H7I2O/c10-8-4-3-7(2-1-5-12)9(11)6-8/h3-4,6H,1-2H2. The van der Waals surface area contributed by atoms with Gasteiger partial charge in [-0.3, -0.25) is 4.79 Å². The van der Waals surface area contributed by atoms with Crippen LogP contribution in [0.15, 0.2) is 18.2 Å². The molecule has 1 rings (SSSR count). The second-order valence-corrected chi connectivity index (χ2v) is 4.79. The van der Waals surface area contributed by atoms with E-state index in [9.17, 15) is 4.79 Å². The molecule has 1 radical (unpaired) electrons. The zero-order valence-corrected chi connectivity index (χ0v) is 10.6. The quantitative estimate of drug-likeness (QED) is 0.732. The maximum absolute atomic E-state index is 10.0. The molecule has 0 amide bonds. The van der Waals surface area contributed by atoms with E-state index in [1.54, 1.807) is 0 Å². The zero-order chi connectivity index (χ0) is 8.97. The summed E-state index contributed by atoms with van der Waals surface area (Å²) in [6.45, 7) is 0. The fourth-order valence-electron chi connectivity index (χ4n) is 0.910. The monoisotopic (exact) mass is 385 g/mol. The number of halogens is 2. The molecule has 0 fully saturated rings. The summed E-state index contributed by atoms with van der Waals surface area (Å²) in [6.07, 6.45) is 3.20. The summed E-state index contributed by atoms with van der Waals surface area (Å²) in [6, 6.07) is 6.24. The van der Waals surface area contributed by atoms with Crippen LogP contribution < -0.4 is 0 Å². The van der Waals surface area contributed by atoms with Gasteiger partial charge >= 0.3 is 0 Å². The lowest BCUT2D eigenvalue weighted by atomic mass is 10.1. The Labute approximate surface area is 99.2 Å². The smallest absolute Gasteiger partial charge is 0.198 e. The Morgan fingerprint density at radius 2 is 2.08 bits per heavy atom. The second-order valence-electron chi connectivity index (χ2n) is 2.38. The molecule has 0 aliphatic carbocycles. The normalized spacial score (nSPS) is 9.83. The Hall–Kier alpha value is 0.350. The van der Waals surface area contributed by atoms with Crippen molar-refractivity contribution in [3.8, 4) is 0 Å². The number of hydrogen-bond acceptors (Lipinski definition) is 1. The fraction of sp³-hybridized carbons (Fsp3) is 0.222. The Morgan fingerprint density at radius 3 is 2.67 bits per heavy atom. The molecule has 0 aliphatic heterocycles. The van der Waals surface area contributed by atoms with Crippen LogP contribution in [0.25, 0.3) is 0 Å². The summed E-state index contributed by atoms with van der Waals surface area (Å²) in [5, 5.41) is 0. The van der Waals surface area contributed by atoms with E-state index < -0.39 is 0 Å². The molecule has 1 aromatic rings. The molecule has 0 aliphatic rings. The van der Waals surface area contributed by atoms with Gasteiger partial charge in [-0.1, -0.05) is 6.07 Å². The lowest BCUT2D eigenvalue weighted by Gasteiger charge is -2.01. The number of carbonyl (C=O) groups excluding carboxylic acids is 1. The van der Waals surface area contributed by atoms with Gasteiger partial charge in [0, 0.05) is 13.6 Å². The minimum atomic E-state index is 0.497. The van der Waals surface area contributed by atoms with Crippen LogP contribution in [0.4, 0.5) is 0 Å². The molecule has 0 heterocycles. The van der Waals surface area contributed by atoms with Gasteiger partial charge in [-0.05, 0) is 69.3 Å². The predicted molar refractivity (Wildman–Crippen MR) is 65.9 cm³/mol. The van der Waals surface area contributed by atoms with E-state index in [1.807, 2.05) is 6.29 Å². The third kappa shape index (κ3) is 3.01. The molecule has 0 aromatic heterocycles. The minimum absolute atomic E-state index is 0.497. The number of benzene rings is 1. The zero-order valence-electron chi connectivity index (χ0n) is 6.31. The van der Waals surface area contributed by atoms with Crippen LogP contribution in [0.2, 0.25) is 0 Å². The minimum Gasteiger partial charge on any atom is -0.291 e. The third-order valence-corrected chi connectivity index (χ3v) is 3.19. The van der Waals surface area contributed by atoms with Gasteiger partial charge in [-0.25, -0.2) is 0 Å². The maximum Gasteiger partial charge on any atom is 0.198 e. The van der Waals surface area contributed by atoms with Crippen molar-refractivity contribution in [3.05, 3.63) is 30.9 Å². The van der Waals surface area contributed by atoms with Crippen molar-refractivity contribution in [2.45, 2.75) is 12.8 Å². The summed E-state index contributed by atoms with van der Waals surface area (Å²) in [7, 11) is 0. The van der Waals surface area contributed by atoms with E-state index in [-0.39, 0.29) is 0 Å². The summed E-state index contributed by atoms with van der Waals surface area (Å²) in [5.74, 6) is 0. The van der Waals surface area contributed by atoms with Crippen LogP contribution in [0.1, 0.15) is 12.0 Å². The Bertz CT molecular complexity index is 284. The van der Waals surface area contributed by atoms with Crippen LogP contribution in [-0.4, -0.2) is 6.29 Å². The second kappa shape index (κ2) is 5.16. The van der Waals surface area contributed by atoms with E-state index in [4.69, 9.17) is 0 Å². The molecule has 0 bridgehead atoms. The average molecular weight is 385 g/mol. The van der Waals surface area contributed by atoms with Gasteiger partial charge in [-0.2, -0.15) is 0 Å². The van der Waals surface area contributed by atoms with Crippen LogP contribution >= 0.6 is 45.2 Å². The van der Waals surface area contributed by atoms with Crippen LogP contribution in [0, 0.1) is 7.14 Å². The summed E-state index contributed by atoms with van der Waals surface area (Å²) < 4.78 is 2.46. The lowest BCUT2D eigenvalue weighted by molar-refractivity contribution is 0.551. The molecule has 0 atom stereocenters. The van der Waals surface area contributed by atoms with Crippen molar-refractivity contribution in [1.82, 2.24) is 0 Å². The molecular weight excluding hydrogens is 378 g/mol. The average Bonchev–Trinajstić information content (AvgIpc) is 2.03. The topological polar surface area (TPSA) is 17.1 Å². The summed E-state index contributed by atoms with van der Waals surface area (Å²) in [4.78, 5) is 10.0. The molecule has 12 heavy (non-hydrogen) atoms. The fourth-order valence-corrected chi connectivity index (χ4v) is 2.78. The van der Waals surface area contributed by atoms with Crippen molar-refractivity contribution in [3.63, 3.8) is 0 Å². The van der Waals surface area contributed by atoms with E-state index in [0.29, 0.717) is 6.42 Å². The number of hydrogen-bond donors (Lipinski definition) is 0. The molecule has 0 N–H and O–H groups in total. The van der Waals surface area contributed by atoms with Crippen molar-refractivity contribution < 1.29 is 4.79 Å². The largest absolute Gasteiger partial charge is 0.291 e. The van der Waals surface area contributed by atoms with Gasteiger partial charge in [0.2, 0.25) is 0 Å². The van der Waals surface area contributed by atoms with Crippen LogP contribution in [-0.2, 0) is 11.2 Å². The molecule has 63 valence electrons. The van der Waals surface area contributed by atoms with E-state index in [1.165, 1.54) is 12.7 Å². The van der Waals surface area contributed by atoms with Crippen molar-refractivity contribution in [2.24, 2.45) is 0 Å². The highest BCUT2D eigenvalue weighted by Gasteiger charge is 1.99. The van der Waals surface area contributed by atoms with Gasteiger partial charge in [-0.15, -0.1) is 0 Å². The SMILES string of the molecule is O=[C]CCc1ccc(I)cc1I. The molecule has 0 unspecified atom stereocenters. The third-order valence-electron chi connectivity index (χ3n) is 1.51. The first-order valence-electron chi connectivity index (χ1n) is 3.53. The maximum atomic E-state index is 10.0. The van der Waals surface area contributed by atoms with Crippen LogP contribution in [0.3, 0.4) is 0 Å². The first-order valence-corrected chi connectivity index (χ1v) is 5.68. The molecule has 1 nitrogen and oxygen atoms in total. The summed E-state index contributed by atoms with van der Waals surface area (Å²) >= 11 is 4.57. The van der Waals surface area contributed by atoms with E-state index >= 15 is 0 Å². The predicted octanol–water partition coefficient (Wildman–Crippen LogP) is 2.94. The van der Waals surface area contributed by atoms with Gasteiger partial charge in [0.1, 0.15) is 0 Å². The first-order chi connectivity index (χ1) is 5.74. The Balaban J connectivity index is 2.78. The summed E-state index contributed by atoms with van der Waals surface area (Å²) in [5.41, 5.74) is 1.24. The molecule has 0 saturated carbocycles. The Kier molecular flexibility index (Phi) is 4.49. The molecule has 3 heteroatoms. The molecule has 0 saturated heterocycles. The van der Waals surface area contributed by atoms with E-state index in [0.717, 1.165) is 6.42 Å². The van der Waals surface area contributed by atoms with Gasteiger partial charge in [0.25, 0.3) is 0 Å². The van der Waals surface area contributed by atoms with Crippen molar-refractivity contribution >= 4 is 51.5 Å². The van der Waals surface area contributed by atoms with Crippen molar-refractivity contribution in [2.75, 3.05) is 0 Å². The van der Waals surface area contributed by atoms with Gasteiger partial charge in [0.05, 0.1) is 0 Å². The first kappa shape index (κ1) is 10.4. The molecule has 1 aromatic carbocycles. The highest BCUT2D eigenvalue weighted by Crippen LogP contribution is 2.16. The van der Waals surface area contributed by atoms with E-state index in [2.05, 4.69) is 63.4 Å². The molecular formula is C9H7I2O. The van der Waals surface area contributed by atoms with Gasteiger partial charge in [0.15, 0.2) is 6.29 Å². The highest BCUT2D eigenvalue weighted by molar-refractivity contribution is 14.1. The number of aryl methyl sites for hydroxylation is 1. The lowest BCUT2D eigenvalue weighted by Crippen LogP contribution is -1.90. The van der Waals surface area contributed by atoms with Gasteiger partial charge < -0.3 is 0 Å². The highest BCUT2D eigenvalue weighted by atomic mass is 127. The molecule has 0 spiro atoms. The van der Waals surface area contributed by atoms with Crippen LogP contribution in [0.5, 0.6) is 0 Å². The Morgan fingerprint density at radius 1 is 1.33 bits per heavy atom. The van der Waals surface area contributed by atoms with Crippen molar-refractivity contribution in [1.29, 1.82) is 0 Å².